The fourth-order valence-corrected chi connectivity index (χ4v) is 4.48. The quantitative estimate of drug-likeness (QED) is 0.412. The molecule has 6 nitrogen and oxygen atoms in total. The minimum absolute atomic E-state index is 0.0360. The van der Waals surface area contributed by atoms with Crippen molar-refractivity contribution in [2.75, 3.05) is 13.7 Å². The molecule has 5 rings (SSSR count). The summed E-state index contributed by atoms with van der Waals surface area (Å²) in [4.78, 5) is 15.4. The summed E-state index contributed by atoms with van der Waals surface area (Å²) >= 11 is 0. The molecule has 0 saturated carbocycles. The third-order valence-electron chi connectivity index (χ3n) is 6.23. The zero-order valence-electron chi connectivity index (χ0n) is 18.1. The molecule has 1 aliphatic heterocycles. The Kier molecular flexibility index (Phi) is 5.77. The average molecular weight is 431 g/mol. The third-order valence-corrected chi connectivity index (χ3v) is 6.23. The van der Waals surface area contributed by atoms with E-state index < -0.39 is 0 Å². The highest BCUT2D eigenvalue weighted by Gasteiger charge is 2.27. The zero-order chi connectivity index (χ0) is 21.9. The number of nitrogens with zero attached hydrogens (tertiary/aromatic N) is 2. The molecule has 6 heteroatoms. The molecule has 0 unspecified atom stereocenters. The molecule has 0 spiro atoms. The highest BCUT2D eigenvalue weighted by atomic mass is 16.5. The van der Waals surface area contributed by atoms with Gasteiger partial charge in [-0.05, 0) is 55.8 Å². The standard InChI is InChI=1S/C26H26N2O4/c1-30-20-12-10-18(11-13-20)25-15-22(27-32-25)23-8-3-2-6-14-28(23)16-19-17-31-24-9-5-4-7-21(24)26(19)29/h4-5,7,9-13,15,17,23H,2-3,6,8,14,16H2,1H3/t23-/m0/s1. The molecule has 0 bridgehead atoms. The van der Waals surface area contributed by atoms with Crippen LogP contribution < -0.4 is 10.2 Å². The van der Waals surface area contributed by atoms with Crippen LogP contribution in [0.3, 0.4) is 0 Å². The summed E-state index contributed by atoms with van der Waals surface area (Å²) in [5.74, 6) is 1.54. The Morgan fingerprint density at radius 2 is 1.94 bits per heavy atom. The molecular weight excluding hydrogens is 404 g/mol. The normalized spacial score (nSPS) is 17.3. The molecule has 32 heavy (non-hydrogen) atoms. The van der Waals surface area contributed by atoms with Crippen LogP contribution >= 0.6 is 0 Å². The smallest absolute Gasteiger partial charge is 0.197 e. The van der Waals surface area contributed by atoms with E-state index in [1.165, 1.54) is 6.42 Å². The monoisotopic (exact) mass is 430 g/mol. The van der Waals surface area contributed by atoms with Crippen molar-refractivity contribution in [1.29, 1.82) is 0 Å². The van der Waals surface area contributed by atoms with Gasteiger partial charge in [-0.15, -0.1) is 0 Å². The predicted octanol–water partition coefficient (Wildman–Crippen LogP) is 5.57. The fourth-order valence-electron chi connectivity index (χ4n) is 4.48. The van der Waals surface area contributed by atoms with Gasteiger partial charge in [-0.2, -0.15) is 0 Å². The molecule has 3 heterocycles. The van der Waals surface area contributed by atoms with Crippen molar-refractivity contribution >= 4 is 11.0 Å². The van der Waals surface area contributed by atoms with E-state index in [-0.39, 0.29) is 11.5 Å². The Bertz CT molecular complexity index is 1260. The van der Waals surface area contributed by atoms with Gasteiger partial charge in [-0.25, -0.2) is 0 Å². The number of likely N-dealkylation sites (tertiary alicyclic amines) is 1. The van der Waals surface area contributed by atoms with Gasteiger partial charge in [0.2, 0.25) is 0 Å². The van der Waals surface area contributed by atoms with Crippen molar-refractivity contribution in [3.63, 3.8) is 0 Å². The largest absolute Gasteiger partial charge is 0.497 e. The minimum Gasteiger partial charge on any atom is -0.497 e. The van der Waals surface area contributed by atoms with Crippen LogP contribution in [-0.2, 0) is 6.54 Å². The number of fused-ring (bicyclic) bond motifs is 1. The van der Waals surface area contributed by atoms with Crippen molar-refractivity contribution in [2.24, 2.45) is 0 Å². The van der Waals surface area contributed by atoms with E-state index in [1.54, 1.807) is 13.4 Å². The Balaban J connectivity index is 1.43. The van der Waals surface area contributed by atoms with Crippen molar-refractivity contribution < 1.29 is 13.7 Å². The van der Waals surface area contributed by atoms with Crippen LogP contribution in [-0.4, -0.2) is 23.7 Å². The number of ether oxygens (including phenoxy) is 1. The third kappa shape index (κ3) is 4.06. The van der Waals surface area contributed by atoms with Crippen LogP contribution in [0.5, 0.6) is 5.75 Å². The average Bonchev–Trinajstić information content (AvgIpc) is 3.21. The second kappa shape index (κ2) is 9.01. The molecule has 1 fully saturated rings. The molecule has 1 atom stereocenters. The van der Waals surface area contributed by atoms with E-state index in [0.717, 1.165) is 48.6 Å². The first-order valence-electron chi connectivity index (χ1n) is 11.1. The maximum atomic E-state index is 13.0. The summed E-state index contributed by atoms with van der Waals surface area (Å²) in [6, 6.07) is 17.3. The zero-order valence-corrected chi connectivity index (χ0v) is 18.1. The van der Waals surface area contributed by atoms with Gasteiger partial charge in [-0.3, -0.25) is 9.69 Å². The fraction of sp³-hybridized carbons (Fsp3) is 0.308. The topological polar surface area (TPSA) is 68.7 Å². The number of methoxy groups -OCH3 is 1. The lowest BCUT2D eigenvalue weighted by atomic mass is 10.0. The number of hydrogen-bond donors (Lipinski definition) is 0. The molecule has 0 radical (unpaired) electrons. The number of para-hydroxylation sites is 1. The SMILES string of the molecule is COc1ccc(-c2cc([C@@H]3CCCCCN3Cc3coc4ccccc4c3=O)no2)cc1. The number of hydrogen-bond acceptors (Lipinski definition) is 6. The number of rotatable bonds is 5. The van der Waals surface area contributed by atoms with Gasteiger partial charge in [0, 0.05) is 23.7 Å². The first-order valence-corrected chi connectivity index (χ1v) is 11.1. The van der Waals surface area contributed by atoms with E-state index in [1.807, 2.05) is 54.6 Å². The molecule has 2 aromatic carbocycles. The Morgan fingerprint density at radius 3 is 2.78 bits per heavy atom. The van der Waals surface area contributed by atoms with Crippen LogP contribution in [0.2, 0.25) is 0 Å². The van der Waals surface area contributed by atoms with E-state index in [0.29, 0.717) is 23.1 Å². The van der Waals surface area contributed by atoms with Crippen molar-refractivity contribution in [2.45, 2.75) is 38.3 Å². The molecule has 0 amide bonds. The summed E-state index contributed by atoms with van der Waals surface area (Å²) in [7, 11) is 1.65. The molecule has 0 N–H and O–H groups in total. The highest BCUT2D eigenvalue weighted by Crippen LogP contribution is 2.33. The van der Waals surface area contributed by atoms with Crippen LogP contribution in [0.4, 0.5) is 0 Å². The number of benzene rings is 2. The van der Waals surface area contributed by atoms with Gasteiger partial charge in [-0.1, -0.05) is 30.1 Å². The molecular formula is C26H26N2O4. The second-order valence-electron chi connectivity index (χ2n) is 8.27. The summed E-state index contributed by atoms with van der Waals surface area (Å²) in [6.45, 7) is 1.43. The van der Waals surface area contributed by atoms with Gasteiger partial charge in [0.15, 0.2) is 11.2 Å². The van der Waals surface area contributed by atoms with Gasteiger partial charge < -0.3 is 13.7 Å². The van der Waals surface area contributed by atoms with Crippen molar-refractivity contribution in [3.05, 3.63) is 82.3 Å². The first kappa shape index (κ1) is 20.5. The van der Waals surface area contributed by atoms with Gasteiger partial charge >= 0.3 is 0 Å². The summed E-state index contributed by atoms with van der Waals surface area (Å²) in [6.07, 6.45) is 5.98. The van der Waals surface area contributed by atoms with Gasteiger partial charge in [0.05, 0.1) is 24.8 Å². The molecule has 4 aromatic rings. The summed E-state index contributed by atoms with van der Waals surface area (Å²) in [5, 5.41) is 5.04. The molecule has 2 aromatic heterocycles. The van der Waals surface area contributed by atoms with E-state index in [9.17, 15) is 4.79 Å². The maximum Gasteiger partial charge on any atom is 0.197 e. The molecule has 0 aliphatic carbocycles. The minimum atomic E-state index is 0.0360. The summed E-state index contributed by atoms with van der Waals surface area (Å²) in [5.41, 5.74) is 3.19. The van der Waals surface area contributed by atoms with E-state index >= 15 is 0 Å². The van der Waals surface area contributed by atoms with E-state index in [4.69, 9.17) is 13.7 Å². The Morgan fingerprint density at radius 1 is 1.09 bits per heavy atom. The Labute approximate surface area is 186 Å². The Hall–Kier alpha value is -3.38. The van der Waals surface area contributed by atoms with Crippen molar-refractivity contribution in [1.82, 2.24) is 10.1 Å². The molecule has 1 aliphatic rings. The lowest BCUT2D eigenvalue weighted by Crippen LogP contribution is -2.30. The summed E-state index contributed by atoms with van der Waals surface area (Å²) < 4.78 is 16.7. The van der Waals surface area contributed by atoms with Crippen LogP contribution in [0.25, 0.3) is 22.3 Å². The molecule has 164 valence electrons. The number of aromatic nitrogens is 1. The second-order valence-corrected chi connectivity index (χ2v) is 8.27. The van der Waals surface area contributed by atoms with Crippen LogP contribution in [0, 0.1) is 0 Å². The maximum absolute atomic E-state index is 13.0. The lowest BCUT2D eigenvalue weighted by molar-refractivity contribution is 0.182. The van der Waals surface area contributed by atoms with Crippen LogP contribution in [0.15, 0.2) is 74.6 Å². The van der Waals surface area contributed by atoms with Crippen LogP contribution in [0.1, 0.15) is 43.0 Å². The van der Waals surface area contributed by atoms with Gasteiger partial charge in [0.25, 0.3) is 0 Å². The van der Waals surface area contributed by atoms with Gasteiger partial charge in [0.1, 0.15) is 17.0 Å². The lowest BCUT2D eigenvalue weighted by Gasteiger charge is -2.28. The van der Waals surface area contributed by atoms with Crippen molar-refractivity contribution in [3.8, 4) is 17.1 Å². The molecule has 1 saturated heterocycles. The highest BCUT2D eigenvalue weighted by molar-refractivity contribution is 5.76. The van der Waals surface area contributed by atoms with E-state index in [2.05, 4.69) is 10.1 Å². The first-order chi connectivity index (χ1) is 15.7. The predicted molar refractivity (Wildman–Crippen MR) is 123 cm³/mol.